The molecule has 3 heterocycles. The standard InChI is InChI=1S/C24H27N3O/c1-3-7-18(8-4-1)23-12-11-21(28-23)17-27-14-13-22-20(16-27)15-25-24(26-22)19-9-5-2-6-10-19/h1,3-4,7-8,11-12,15,19H,2,5-6,9-10,13-14,16-17H2. The van der Waals surface area contributed by atoms with Crippen LogP contribution in [0.4, 0.5) is 0 Å². The molecule has 1 aliphatic carbocycles. The molecular formula is C24H27N3O. The first-order valence-electron chi connectivity index (χ1n) is 10.6. The lowest BCUT2D eigenvalue weighted by molar-refractivity contribution is 0.224. The topological polar surface area (TPSA) is 42.2 Å². The monoisotopic (exact) mass is 373 g/mol. The van der Waals surface area contributed by atoms with Crippen LogP contribution in [0.15, 0.2) is 53.1 Å². The average Bonchev–Trinajstić information content (AvgIpc) is 3.23. The van der Waals surface area contributed by atoms with Crippen molar-refractivity contribution in [2.24, 2.45) is 0 Å². The third-order valence-corrected chi connectivity index (χ3v) is 6.10. The van der Waals surface area contributed by atoms with E-state index in [2.05, 4.69) is 35.4 Å². The maximum absolute atomic E-state index is 6.09. The second-order valence-corrected chi connectivity index (χ2v) is 8.13. The molecule has 0 spiro atoms. The number of benzene rings is 1. The maximum Gasteiger partial charge on any atom is 0.134 e. The molecule has 0 saturated heterocycles. The number of aromatic nitrogens is 2. The van der Waals surface area contributed by atoms with E-state index in [1.54, 1.807) is 0 Å². The Hall–Kier alpha value is -2.46. The molecule has 1 aromatic carbocycles. The van der Waals surface area contributed by atoms with Crippen molar-refractivity contribution >= 4 is 0 Å². The molecule has 3 aromatic rings. The van der Waals surface area contributed by atoms with Crippen LogP contribution >= 0.6 is 0 Å². The van der Waals surface area contributed by atoms with Crippen molar-refractivity contribution in [1.82, 2.24) is 14.9 Å². The van der Waals surface area contributed by atoms with E-state index in [4.69, 9.17) is 14.4 Å². The Labute approximate surface area is 166 Å². The highest BCUT2D eigenvalue weighted by Crippen LogP contribution is 2.31. The Morgan fingerprint density at radius 2 is 1.86 bits per heavy atom. The molecule has 4 nitrogen and oxygen atoms in total. The van der Waals surface area contributed by atoms with Gasteiger partial charge < -0.3 is 4.42 Å². The zero-order valence-electron chi connectivity index (χ0n) is 16.3. The van der Waals surface area contributed by atoms with E-state index in [0.717, 1.165) is 49.0 Å². The molecule has 0 N–H and O–H groups in total. The van der Waals surface area contributed by atoms with Crippen LogP contribution in [0.25, 0.3) is 11.3 Å². The second kappa shape index (κ2) is 7.88. The Morgan fingerprint density at radius 1 is 1.00 bits per heavy atom. The van der Waals surface area contributed by atoms with Gasteiger partial charge in [0.15, 0.2) is 0 Å². The van der Waals surface area contributed by atoms with Crippen molar-refractivity contribution in [3.63, 3.8) is 0 Å². The number of nitrogens with zero attached hydrogens (tertiary/aromatic N) is 3. The van der Waals surface area contributed by atoms with Crippen LogP contribution in [-0.2, 0) is 19.5 Å². The van der Waals surface area contributed by atoms with E-state index in [1.165, 1.54) is 43.4 Å². The summed E-state index contributed by atoms with van der Waals surface area (Å²) in [7, 11) is 0. The van der Waals surface area contributed by atoms with E-state index in [9.17, 15) is 0 Å². The lowest BCUT2D eigenvalue weighted by Gasteiger charge is -2.28. The number of furan rings is 1. The van der Waals surface area contributed by atoms with Gasteiger partial charge >= 0.3 is 0 Å². The quantitative estimate of drug-likeness (QED) is 0.619. The minimum Gasteiger partial charge on any atom is -0.460 e. The van der Waals surface area contributed by atoms with E-state index in [1.807, 2.05) is 18.2 Å². The fourth-order valence-electron chi connectivity index (χ4n) is 4.52. The fraction of sp³-hybridized carbons (Fsp3) is 0.417. The van der Waals surface area contributed by atoms with Crippen LogP contribution in [0.3, 0.4) is 0 Å². The van der Waals surface area contributed by atoms with Crippen LogP contribution in [0.5, 0.6) is 0 Å². The van der Waals surface area contributed by atoms with Gasteiger partial charge in [-0.25, -0.2) is 9.97 Å². The summed E-state index contributed by atoms with van der Waals surface area (Å²) in [5.74, 6) is 3.62. The predicted octanol–water partition coefficient (Wildman–Crippen LogP) is 5.34. The molecule has 1 fully saturated rings. The molecule has 0 amide bonds. The molecule has 0 bridgehead atoms. The van der Waals surface area contributed by atoms with Crippen LogP contribution in [0.2, 0.25) is 0 Å². The van der Waals surface area contributed by atoms with Crippen molar-refractivity contribution in [3.8, 4) is 11.3 Å². The van der Waals surface area contributed by atoms with Gasteiger partial charge in [0.2, 0.25) is 0 Å². The Bertz CT molecular complexity index is 928. The Kier molecular flexibility index (Phi) is 4.96. The normalized spacial score (nSPS) is 18.1. The Balaban J connectivity index is 1.25. The van der Waals surface area contributed by atoms with Crippen LogP contribution in [0, 0.1) is 0 Å². The van der Waals surface area contributed by atoms with Gasteiger partial charge in [-0.2, -0.15) is 0 Å². The van der Waals surface area contributed by atoms with Gasteiger partial charge in [-0.05, 0) is 25.0 Å². The zero-order valence-corrected chi connectivity index (χ0v) is 16.3. The summed E-state index contributed by atoms with van der Waals surface area (Å²) >= 11 is 0. The lowest BCUT2D eigenvalue weighted by Crippen LogP contribution is -2.31. The van der Waals surface area contributed by atoms with Crippen LogP contribution < -0.4 is 0 Å². The minimum atomic E-state index is 0.580. The van der Waals surface area contributed by atoms with E-state index >= 15 is 0 Å². The van der Waals surface area contributed by atoms with Gasteiger partial charge in [-0.15, -0.1) is 0 Å². The molecule has 2 aliphatic rings. The molecule has 28 heavy (non-hydrogen) atoms. The third kappa shape index (κ3) is 3.74. The lowest BCUT2D eigenvalue weighted by atomic mass is 9.88. The number of fused-ring (bicyclic) bond motifs is 1. The summed E-state index contributed by atoms with van der Waals surface area (Å²) in [5.41, 5.74) is 3.67. The van der Waals surface area contributed by atoms with Crippen molar-refractivity contribution in [2.45, 2.75) is 57.5 Å². The van der Waals surface area contributed by atoms with Gasteiger partial charge in [0.25, 0.3) is 0 Å². The van der Waals surface area contributed by atoms with Gasteiger partial charge in [0.1, 0.15) is 17.3 Å². The van der Waals surface area contributed by atoms with Crippen molar-refractivity contribution in [2.75, 3.05) is 6.54 Å². The highest BCUT2D eigenvalue weighted by molar-refractivity contribution is 5.57. The first kappa shape index (κ1) is 17.6. The SMILES string of the molecule is c1ccc(-c2ccc(CN3CCc4nc(C5CCCCC5)ncc4C3)o2)cc1. The van der Waals surface area contributed by atoms with E-state index in [0.29, 0.717) is 5.92 Å². The summed E-state index contributed by atoms with van der Waals surface area (Å²) in [6.45, 7) is 2.76. The molecular weight excluding hydrogens is 346 g/mol. The number of hydrogen-bond acceptors (Lipinski definition) is 4. The molecule has 0 radical (unpaired) electrons. The molecule has 144 valence electrons. The maximum atomic E-state index is 6.09. The summed E-state index contributed by atoms with van der Waals surface area (Å²) in [6, 6.07) is 14.5. The smallest absolute Gasteiger partial charge is 0.134 e. The van der Waals surface area contributed by atoms with Gasteiger partial charge in [0, 0.05) is 48.4 Å². The zero-order chi connectivity index (χ0) is 18.8. The molecule has 0 unspecified atom stereocenters. The van der Waals surface area contributed by atoms with Gasteiger partial charge in [-0.1, -0.05) is 49.6 Å². The first-order chi connectivity index (χ1) is 13.8. The molecule has 0 atom stereocenters. The molecule has 4 heteroatoms. The van der Waals surface area contributed by atoms with Crippen molar-refractivity contribution in [3.05, 3.63) is 71.5 Å². The second-order valence-electron chi connectivity index (χ2n) is 8.13. The largest absolute Gasteiger partial charge is 0.460 e. The van der Waals surface area contributed by atoms with E-state index < -0.39 is 0 Å². The summed E-state index contributed by atoms with van der Waals surface area (Å²) in [4.78, 5) is 12.1. The molecule has 1 saturated carbocycles. The summed E-state index contributed by atoms with van der Waals surface area (Å²) in [6.07, 6.45) is 9.62. The number of rotatable bonds is 4. The molecule has 2 aromatic heterocycles. The highest BCUT2D eigenvalue weighted by Gasteiger charge is 2.23. The average molecular weight is 374 g/mol. The third-order valence-electron chi connectivity index (χ3n) is 6.10. The van der Waals surface area contributed by atoms with Gasteiger partial charge in [-0.3, -0.25) is 4.90 Å². The van der Waals surface area contributed by atoms with Crippen molar-refractivity contribution < 1.29 is 4.42 Å². The summed E-state index contributed by atoms with van der Waals surface area (Å²) in [5, 5.41) is 0. The fourth-order valence-corrected chi connectivity index (χ4v) is 4.52. The predicted molar refractivity (Wildman–Crippen MR) is 110 cm³/mol. The first-order valence-corrected chi connectivity index (χ1v) is 10.6. The minimum absolute atomic E-state index is 0.580. The number of hydrogen-bond donors (Lipinski definition) is 0. The molecule has 1 aliphatic heterocycles. The van der Waals surface area contributed by atoms with Gasteiger partial charge in [0.05, 0.1) is 6.54 Å². The highest BCUT2D eigenvalue weighted by atomic mass is 16.3. The van der Waals surface area contributed by atoms with Crippen molar-refractivity contribution in [1.29, 1.82) is 0 Å². The Morgan fingerprint density at radius 3 is 2.71 bits per heavy atom. The van der Waals surface area contributed by atoms with Crippen LogP contribution in [0.1, 0.15) is 60.9 Å². The van der Waals surface area contributed by atoms with Crippen LogP contribution in [-0.4, -0.2) is 21.4 Å². The molecule has 5 rings (SSSR count). The summed E-state index contributed by atoms with van der Waals surface area (Å²) < 4.78 is 6.09. The van der Waals surface area contributed by atoms with E-state index in [-0.39, 0.29) is 0 Å².